The third-order valence-corrected chi connectivity index (χ3v) is 2.11. The van der Waals surface area contributed by atoms with Crippen molar-refractivity contribution in [3.63, 3.8) is 0 Å². The number of carboxylic acids is 1. The number of nitrogens with zero attached hydrogens (tertiary/aromatic N) is 1. The van der Waals surface area contributed by atoms with Gasteiger partial charge in [0.2, 0.25) is 5.28 Å². The minimum atomic E-state index is -1.01. The summed E-state index contributed by atoms with van der Waals surface area (Å²) in [6.07, 6.45) is -0.233. The number of imidazole rings is 1. The van der Waals surface area contributed by atoms with Crippen molar-refractivity contribution in [2.24, 2.45) is 0 Å². The Morgan fingerprint density at radius 1 is 1.60 bits per heavy atom. The Kier molecular flexibility index (Phi) is 2.32. The van der Waals surface area contributed by atoms with E-state index in [1.54, 1.807) is 0 Å². The van der Waals surface area contributed by atoms with Gasteiger partial charge >= 0.3 is 5.97 Å². The number of rotatable bonds is 2. The topological polar surface area (TPSA) is 66.0 Å². The average molecular weight is 229 g/mol. The number of halogens is 2. The maximum Gasteiger partial charge on any atom is 0.307 e. The van der Waals surface area contributed by atoms with Crippen molar-refractivity contribution in [3.05, 3.63) is 28.8 Å². The lowest BCUT2D eigenvalue weighted by molar-refractivity contribution is -0.136. The van der Waals surface area contributed by atoms with E-state index in [4.69, 9.17) is 16.7 Å². The van der Waals surface area contributed by atoms with Crippen molar-refractivity contribution in [3.8, 4) is 0 Å². The van der Waals surface area contributed by atoms with Crippen LogP contribution in [0.3, 0.4) is 0 Å². The minimum absolute atomic E-state index is 0.0800. The zero-order valence-corrected chi connectivity index (χ0v) is 8.18. The van der Waals surface area contributed by atoms with Crippen LogP contribution in [-0.2, 0) is 11.2 Å². The SMILES string of the molecule is O=C(O)Cc1cc(F)c2nc(Cl)[nH]c2c1. The number of H-pyrrole nitrogens is 1. The Balaban J connectivity index is 2.56. The fourth-order valence-corrected chi connectivity index (χ4v) is 1.56. The lowest BCUT2D eigenvalue weighted by Gasteiger charge is -1.97. The van der Waals surface area contributed by atoms with Gasteiger partial charge in [-0.1, -0.05) is 0 Å². The van der Waals surface area contributed by atoms with E-state index in [1.165, 1.54) is 6.07 Å². The summed E-state index contributed by atoms with van der Waals surface area (Å²) in [5.74, 6) is -1.59. The third kappa shape index (κ3) is 1.92. The van der Waals surface area contributed by atoms with Crippen LogP contribution in [0, 0.1) is 5.82 Å². The van der Waals surface area contributed by atoms with Crippen molar-refractivity contribution in [1.29, 1.82) is 0 Å². The number of carbonyl (C=O) groups is 1. The molecule has 0 spiro atoms. The first-order chi connectivity index (χ1) is 7.06. The van der Waals surface area contributed by atoms with E-state index >= 15 is 0 Å². The Hall–Kier alpha value is -1.62. The molecule has 0 bridgehead atoms. The van der Waals surface area contributed by atoms with Crippen LogP contribution < -0.4 is 0 Å². The van der Waals surface area contributed by atoms with Crippen LogP contribution >= 0.6 is 11.6 Å². The molecule has 0 atom stereocenters. The summed E-state index contributed by atoms with van der Waals surface area (Å²) in [6, 6.07) is 2.67. The van der Waals surface area contributed by atoms with Gasteiger partial charge in [-0.05, 0) is 29.3 Å². The number of aromatic amines is 1. The van der Waals surface area contributed by atoms with Gasteiger partial charge in [0.25, 0.3) is 0 Å². The molecule has 0 aliphatic heterocycles. The van der Waals surface area contributed by atoms with Gasteiger partial charge in [0.05, 0.1) is 11.9 Å². The normalized spacial score (nSPS) is 10.8. The number of fused-ring (bicyclic) bond motifs is 1. The fourth-order valence-electron chi connectivity index (χ4n) is 1.38. The standard InChI is InChI=1S/C9H6ClFN2O2/c10-9-12-6-2-4(3-7(14)15)1-5(11)8(6)13-9/h1-2H,3H2,(H,12,13)(H,14,15). The van der Waals surface area contributed by atoms with Gasteiger partial charge in [-0.2, -0.15) is 0 Å². The number of aliphatic carboxylic acids is 1. The van der Waals surface area contributed by atoms with Crippen molar-refractivity contribution >= 4 is 28.6 Å². The molecule has 4 nitrogen and oxygen atoms in total. The molecule has 0 fully saturated rings. The van der Waals surface area contributed by atoms with Crippen molar-refractivity contribution < 1.29 is 14.3 Å². The second kappa shape index (κ2) is 3.51. The molecule has 0 saturated heterocycles. The molecule has 0 aliphatic carbocycles. The summed E-state index contributed by atoms with van der Waals surface area (Å²) in [7, 11) is 0. The molecule has 78 valence electrons. The second-order valence-electron chi connectivity index (χ2n) is 3.07. The molecule has 2 rings (SSSR count). The predicted molar refractivity (Wildman–Crippen MR) is 52.4 cm³/mol. The van der Waals surface area contributed by atoms with Crippen molar-refractivity contribution in [2.45, 2.75) is 6.42 Å². The van der Waals surface area contributed by atoms with E-state index < -0.39 is 11.8 Å². The van der Waals surface area contributed by atoms with E-state index in [1.807, 2.05) is 0 Å². The molecule has 0 saturated carbocycles. The maximum atomic E-state index is 13.4. The smallest absolute Gasteiger partial charge is 0.307 e. The summed E-state index contributed by atoms with van der Waals surface area (Å²) < 4.78 is 13.4. The van der Waals surface area contributed by atoms with Gasteiger partial charge in [-0.15, -0.1) is 0 Å². The summed E-state index contributed by atoms with van der Waals surface area (Å²) in [5.41, 5.74) is 0.887. The average Bonchev–Trinajstić information content (AvgIpc) is 2.44. The van der Waals surface area contributed by atoms with Gasteiger partial charge < -0.3 is 10.1 Å². The fraction of sp³-hybridized carbons (Fsp3) is 0.111. The van der Waals surface area contributed by atoms with E-state index in [2.05, 4.69) is 9.97 Å². The molecule has 6 heteroatoms. The monoisotopic (exact) mass is 228 g/mol. The quantitative estimate of drug-likeness (QED) is 0.826. The lowest BCUT2D eigenvalue weighted by atomic mass is 10.1. The van der Waals surface area contributed by atoms with Crippen molar-refractivity contribution in [1.82, 2.24) is 9.97 Å². The number of hydrogen-bond acceptors (Lipinski definition) is 2. The number of hydrogen-bond donors (Lipinski definition) is 2. The first kappa shape index (κ1) is 9.92. The summed E-state index contributed by atoms with van der Waals surface area (Å²) in [6.45, 7) is 0. The van der Waals surface area contributed by atoms with Gasteiger partial charge in [0.1, 0.15) is 5.52 Å². The minimum Gasteiger partial charge on any atom is -0.481 e. The van der Waals surface area contributed by atoms with Crippen LogP contribution in [0.4, 0.5) is 4.39 Å². The van der Waals surface area contributed by atoms with Gasteiger partial charge in [0.15, 0.2) is 5.82 Å². The molecule has 1 heterocycles. The highest BCUT2D eigenvalue weighted by molar-refractivity contribution is 6.29. The molecule has 15 heavy (non-hydrogen) atoms. The molecule has 0 aliphatic rings. The first-order valence-electron chi connectivity index (χ1n) is 4.11. The highest BCUT2D eigenvalue weighted by atomic mass is 35.5. The summed E-state index contributed by atoms with van der Waals surface area (Å²) in [5, 5.41) is 8.64. The summed E-state index contributed by atoms with van der Waals surface area (Å²) in [4.78, 5) is 16.8. The zero-order chi connectivity index (χ0) is 11.0. The third-order valence-electron chi connectivity index (χ3n) is 1.93. The first-order valence-corrected chi connectivity index (χ1v) is 4.49. The predicted octanol–water partition coefficient (Wildman–Crippen LogP) is 1.98. The number of aromatic nitrogens is 2. The maximum absolute atomic E-state index is 13.4. The number of carboxylic acid groups (broad SMARTS) is 1. The molecule has 1 aromatic heterocycles. The van der Waals surface area contributed by atoms with Crippen molar-refractivity contribution in [2.75, 3.05) is 0 Å². The van der Waals surface area contributed by atoms with E-state index in [-0.39, 0.29) is 17.2 Å². The van der Waals surface area contributed by atoms with Crippen LogP contribution in [0.1, 0.15) is 5.56 Å². The highest BCUT2D eigenvalue weighted by Gasteiger charge is 2.10. The highest BCUT2D eigenvalue weighted by Crippen LogP contribution is 2.20. The molecule has 2 N–H and O–H groups in total. The Bertz CT molecular complexity index is 538. The molecule has 1 aromatic carbocycles. The van der Waals surface area contributed by atoms with Crippen LogP contribution in [0.2, 0.25) is 5.28 Å². The molecule has 0 amide bonds. The largest absolute Gasteiger partial charge is 0.481 e. The lowest BCUT2D eigenvalue weighted by Crippen LogP contribution is -2.00. The molecule has 0 radical (unpaired) electrons. The van der Waals surface area contributed by atoms with Crippen LogP contribution in [-0.4, -0.2) is 21.0 Å². The zero-order valence-electron chi connectivity index (χ0n) is 7.42. The molecular formula is C9H6ClFN2O2. The van der Waals surface area contributed by atoms with Gasteiger partial charge in [-0.25, -0.2) is 9.37 Å². The van der Waals surface area contributed by atoms with Gasteiger partial charge in [0, 0.05) is 0 Å². The van der Waals surface area contributed by atoms with E-state index in [9.17, 15) is 9.18 Å². The van der Waals surface area contributed by atoms with Gasteiger partial charge in [-0.3, -0.25) is 4.79 Å². The molecule has 0 unspecified atom stereocenters. The number of benzene rings is 1. The number of nitrogens with one attached hydrogen (secondary N) is 1. The Morgan fingerprint density at radius 3 is 3.00 bits per heavy atom. The van der Waals surface area contributed by atoms with E-state index in [0.29, 0.717) is 11.1 Å². The second-order valence-corrected chi connectivity index (χ2v) is 3.43. The Morgan fingerprint density at radius 2 is 2.33 bits per heavy atom. The molecular weight excluding hydrogens is 223 g/mol. The Labute approximate surface area is 88.7 Å². The summed E-state index contributed by atoms with van der Waals surface area (Å²) >= 11 is 5.56. The van der Waals surface area contributed by atoms with Crippen LogP contribution in [0.5, 0.6) is 0 Å². The molecule has 2 aromatic rings. The van der Waals surface area contributed by atoms with Crippen LogP contribution in [0.15, 0.2) is 12.1 Å². The van der Waals surface area contributed by atoms with Crippen LogP contribution in [0.25, 0.3) is 11.0 Å². The van der Waals surface area contributed by atoms with E-state index in [0.717, 1.165) is 6.07 Å².